The van der Waals surface area contributed by atoms with E-state index in [1.54, 1.807) is 0 Å². The second kappa shape index (κ2) is 4.90. The fourth-order valence-corrected chi connectivity index (χ4v) is 4.07. The number of hydrogen-bond donors (Lipinski definition) is 1. The van der Waals surface area contributed by atoms with Crippen molar-refractivity contribution in [1.29, 1.82) is 0 Å². The Morgan fingerprint density at radius 3 is 2.16 bits per heavy atom. The molecule has 0 aliphatic heterocycles. The summed E-state index contributed by atoms with van der Waals surface area (Å²) in [7, 11) is 0. The first-order chi connectivity index (χ1) is 8.88. The van der Waals surface area contributed by atoms with E-state index in [2.05, 4.69) is 27.7 Å². The van der Waals surface area contributed by atoms with Gasteiger partial charge in [-0.25, -0.2) is 4.39 Å². The van der Waals surface area contributed by atoms with Crippen molar-refractivity contribution < 1.29 is 9.50 Å². The zero-order valence-electron chi connectivity index (χ0n) is 12.4. The molecule has 2 heteroatoms. The highest BCUT2D eigenvalue weighted by molar-refractivity contribution is 5.28. The summed E-state index contributed by atoms with van der Waals surface area (Å²) in [5, 5.41) is 10.2. The van der Waals surface area contributed by atoms with Crippen LogP contribution in [0.15, 0.2) is 24.3 Å². The monoisotopic (exact) mass is 264 g/mol. The maximum atomic E-state index is 13.1. The molecule has 0 aromatic heterocycles. The Labute approximate surface area is 115 Å². The smallest absolute Gasteiger partial charge is 0.123 e. The lowest BCUT2D eigenvalue weighted by Gasteiger charge is -2.59. The Bertz CT molecular complexity index is 431. The molecule has 0 spiro atoms. The molecule has 1 fully saturated rings. The molecule has 19 heavy (non-hydrogen) atoms. The summed E-state index contributed by atoms with van der Waals surface area (Å²) in [5.74, 6) is 0.265. The molecule has 0 heterocycles. The molecule has 0 radical (unpaired) electrons. The van der Waals surface area contributed by atoms with Gasteiger partial charge in [0.1, 0.15) is 5.82 Å². The maximum Gasteiger partial charge on any atom is 0.123 e. The molecule has 2 unspecified atom stereocenters. The third-order valence-electron chi connectivity index (χ3n) is 5.59. The Balaban J connectivity index is 2.32. The van der Waals surface area contributed by atoms with E-state index in [0.717, 1.165) is 24.8 Å². The lowest BCUT2D eigenvalue weighted by molar-refractivity contribution is -0.152. The summed E-state index contributed by atoms with van der Waals surface area (Å²) >= 11 is 0. The second-order valence-electron chi connectivity index (χ2n) is 6.47. The van der Waals surface area contributed by atoms with E-state index in [1.165, 1.54) is 12.1 Å². The van der Waals surface area contributed by atoms with Crippen LogP contribution in [0, 0.1) is 17.2 Å². The van der Waals surface area contributed by atoms with Crippen LogP contribution in [0.1, 0.15) is 52.5 Å². The predicted octanol–water partition coefficient (Wildman–Crippen LogP) is 4.29. The van der Waals surface area contributed by atoms with E-state index in [-0.39, 0.29) is 22.8 Å². The lowest BCUT2D eigenvalue weighted by atomic mass is 9.47. The van der Waals surface area contributed by atoms with Crippen molar-refractivity contribution in [3.8, 4) is 0 Å². The molecule has 1 aromatic carbocycles. The summed E-state index contributed by atoms with van der Waals surface area (Å²) in [6.07, 6.45) is 2.67. The van der Waals surface area contributed by atoms with Crippen LogP contribution in [0.4, 0.5) is 4.39 Å². The van der Waals surface area contributed by atoms with Gasteiger partial charge in [-0.3, -0.25) is 0 Å². The summed E-state index contributed by atoms with van der Waals surface area (Å²) in [4.78, 5) is 0. The molecule has 1 aliphatic carbocycles. The van der Waals surface area contributed by atoms with Crippen LogP contribution in [0.5, 0.6) is 0 Å². The molecule has 0 amide bonds. The molecule has 1 aromatic rings. The number of benzene rings is 1. The molecule has 2 rings (SSSR count). The van der Waals surface area contributed by atoms with Crippen LogP contribution >= 0.6 is 0 Å². The van der Waals surface area contributed by atoms with Crippen molar-refractivity contribution in [1.82, 2.24) is 0 Å². The van der Waals surface area contributed by atoms with Gasteiger partial charge >= 0.3 is 0 Å². The summed E-state index contributed by atoms with van der Waals surface area (Å²) in [6, 6.07) is 6.84. The van der Waals surface area contributed by atoms with E-state index >= 15 is 0 Å². The fourth-order valence-electron chi connectivity index (χ4n) is 4.07. The van der Waals surface area contributed by atoms with Gasteiger partial charge < -0.3 is 5.11 Å². The van der Waals surface area contributed by atoms with Gasteiger partial charge in [0.15, 0.2) is 0 Å². The molecular weight excluding hydrogens is 239 g/mol. The van der Waals surface area contributed by atoms with Crippen LogP contribution in [0.3, 0.4) is 0 Å². The second-order valence-corrected chi connectivity index (χ2v) is 6.47. The minimum absolute atomic E-state index is 0.0257. The molecule has 1 saturated carbocycles. The zero-order valence-corrected chi connectivity index (χ0v) is 12.4. The van der Waals surface area contributed by atoms with Crippen LogP contribution < -0.4 is 0 Å². The standard InChI is InChI=1S/C17H25FO/c1-5-17(6-2)14(11-15(17)19)16(3,4)12-7-9-13(18)10-8-12/h7-10,14-15,19H,5-6,11H2,1-4H3. The normalized spacial score (nSPS) is 26.0. The van der Waals surface area contributed by atoms with Gasteiger partial charge in [-0.2, -0.15) is 0 Å². The first-order valence-corrected chi connectivity index (χ1v) is 7.32. The van der Waals surface area contributed by atoms with Crippen molar-refractivity contribution in [3.63, 3.8) is 0 Å². The van der Waals surface area contributed by atoms with Gasteiger partial charge in [-0.1, -0.05) is 39.8 Å². The van der Waals surface area contributed by atoms with E-state index in [4.69, 9.17) is 0 Å². The third-order valence-corrected chi connectivity index (χ3v) is 5.59. The van der Waals surface area contributed by atoms with E-state index < -0.39 is 0 Å². The third kappa shape index (κ3) is 2.10. The van der Waals surface area contributed by atoms with Crippen LogP contribution in [-0.4, -0.2) is 11.2 Å². The highest BCUT2D eigenvalue weighted by atomic mass is 19.1. The molecule has 1 N–H and O–H groups in total. The first-order valence-electron chi connectivity index (χ1n) is 7.32. The predicted molar refractivity (Wildman–Crippen MR) is 76.6 cm³/mol. The minimum atomic E-state index is -0.189. The average molecular weight is 264 g/mol. The molecule has 1 nitrogen and oxygen atoms in total. The number of halogens is 1. The number of hydrogen-bond acceptors (Lipinski definition) is 1. The van der Waals surface area contributed by atoms with E-state index in [0.29, 0.717) is 5.92 Å². The topological polar surface area (TPSA) is 20.2 Å². The van der Waals surface area contributed by atoms with Gasteiger partial charge in [0.05, 0.1) is 6.10 Å². The zero-order chi connectivity index (χ0) is 14.3. The number of aliphatic hydroxyl groups excluding tert-OH is 1. The Morgan fingerprint density at radius 2 is 1.74 bits per heavy atom. The van der Waals surface area contributed by atoms with Crippen LogP contribution in [-0.2, 0) is 5.41 Å². The largest absolute Gasteiger partial charge is 0.393 e. The van der Waals surface area contributed by atoms with Crippen LogP contribution in [0.2, 0.25) is 0 Å². The van der Waals surface area contributed by atoms with Crippen LogP contribution in [0.25, 0.3) is 0 Å². The fraction of sp³-hybridized carbons (Fsp3) is 0.647. The van der Waals surface area contributed by atoms with Crippen molar-refractivity contribution in [2.45, 2.75) is 58.5 Å². The van der Waals surface area contributed by atoms with Gasteiger partial charge in [0.25, 0.3) is 0 Å². The van der Waals surface area contributed by atoms with Crippen molar-refractivity contribution in [2.24, 2.45) is 11.3 Å². The molecule has 106 valence electrons. The average Bonchev–Trinajstić information content (AvgIpc) is 2.38. The van der Waals surface area contributed by atoms with Gasteiger partial charge in [-0.15, -0.1) is 0 Å². The molecule has 0 saturated heterocycles. The molecule has 2 atom stereocenters. The maximum absolute atomic E-state index is 13.1. The molecular formula is C17H25FO. The summed E-state index contributed by atoms with van der Waals surface area (Å²) < 4.78 is 13.1. The van der Waals surface area contributed by atoms with Gasteiger partial charge in [-0.05, 0) is 53.7 Å². The number of aliphatic hydroxyl groups is 1. The Hall–Kier alpha value is -0.890. The van der Waals surface area contributed by atoms with Gasteiger partial charge in [0, 0.05) is 0 Å². The van der Waals surface area contributed by atoms with Crippen molar-refractivity contribution in [3.05, 3.63) is 35.6 Å². The highest BCUT2D eigenvalue weighted by Gasteiger charge is 2.57. The first kappa shape index (κ1) is 14.5. The Kier molecular flexibility index (Phi) is 3.74. The van der Waals surface area contributed by atoms with E-state index in [1.807, 2.05) is 12.1 Å². The molecule has 1 aliphatic rings. The van der Waals surface area contributed by atoms with Gasteiger partial charge in [0.2, 0.25) is 0 Å². The SMILES string of the molecule is CCC1(CC)C(O)CC1C(C)(C)c1ccc(F)cc1. The highest BCUT2D eigenvalue weighted by Crippen LogP contribution is 2.59. The summed E-state index contributed by atoms with van der Waals surface area (Å²) in [6.45, 7) is 8.77. The lowest BCUT2D eigenvalue weighted by Crippen LogP contribution is -2.59. The molecule has 0 bridgehead atoms. The number of rotatable bonds is 4. The summed E-state index contributed by atoms with van der Waals surface area (Å²) in [5.41, 5.74) is 1.16. The quantitative estimate of drug-likeness (QED) is 0.860. The van der Waals surface area contributed by atoms with Crippen molar-refractivity contribution >= 4 is 0 Å². The van der Waals surface area contributed by atoms with Crippen molar-refractivity contribution in [2.75, 3.05) is 0 Å². The van der Waals surface area contributed by atoms with E-state index in [9.17, 15) is 9.50 Å². The minimum Gasteiger partial charge on any atom is -0.393 e. The Morgan fingerprint density at radius 1 is 1.21 bits per heavy atom.